The summed E-state index contributed by atoms with van der Waals surface area (Å²) in [6.07, 6.45) is 1.61. The normalized spacial score (nSPS) is 15.3. The lowest BCUT2D eigenvalue weighted by molar-refractivity contribution is -0.129. The number of nitrogens with zero attached hydrogens (tertiary/aromatic N) is 3. The third-order valence-corrected chi connectivity index (χ3v) is 4.70. The van der Waals surface area contributed by atoms with Crippen LogP contribution in [-0.4, -0.2) is 51.0 Å². The van der Waals surface area contributed by atoms with Crippen LogP contribution in [0, 0.1) is 0 Å². The lowest BCUT2D eigenvalue weighted by Gasteiger charge is -2.32. The molecule has 0 aliphatic carbocycles. The summed E-state index contributed by atoms with van der Waals surface area (Å²) in [7, 11) is 0. The summed E-state index contributed by atoms with van der Waals surface area (Å²) in [4.78, 5) is 33.1. The number of carboxylic acids is 1. The Labute approximate surface area is 143 Å². The second kappa shape index (κ2) is 6.96. The maximum Gasteiger partial charge on any atom is 0.354 e. The van der Waals surface area contributed by atoms with E-state index in [2.05, 4.69) is 15.3 Å². The van der Waals surface area contributed by atoms with Crippen molar-refractivity contribution in [2.75, 3.05) is 18.4 Å². The number of amides is 1. The van der Waals surface area contributed by atoms with Gasteiger partial charge >= 0.3 is 5.97 Å². The Morgan fingerprint density at radius 2 is 2.08 bits per heavy atom. The van der Waals surface area contributed by atoms with Gasteiger partial charge in [0, 0.05) is 43.1 Å². The third-order valence-electron chi connectivity index (χ3n) is 4.02. The van der Waals surface area contributed by atoms with Gasteiger partial charge in [0.1, 0.15) is 5.82 Å². The maximum atomic E-state index is 11.4. The number of nitrogens with one attached hydrogen (secondary N) is 1. The van der Waals surface area contributed by atoms with E-state index in [0.29, 0.717) is 24.7 Å². The van der Waals surface area contributed by atoms with E-state index in [-0.39, 0.29) is 17.6 Å². The third kappa shape index (κ3) is 3.70. The topological polar surface area (TPSA) is 95.4 Å². The van der Waals surface area contributed by atoms with E-state index in [9.17, 15) is 14.7 Å². The average molecular weight is 346 g/mol. The fourth-order valence-corrected chi connectivity index (χ4v) is 3.33. The Balaban J connectivity index is 1.78. The number of aromatic carboxylic acids is 1. The van der Waals surface area contributed by atoms with Crippen LogP contribution in [0.3, 0.4) is 0 Å². The Bertz CT molecular complexity index is 740. The first-order valence-electron chi connectivity index (χ1n) is 7.70. The number of hydrogen-bond donors (Lipinski definition) is 2. The van der Waals surface area contributed by atoms with Gasteiger partial charge in [0.05, 0.1) is 0 Å². The minimum atomic E-state index is -1.08. The maximum absolute atomic E-state index is 11.4. The highest BCUT2D eigenvalue weighted by Gasteiger charge is 2.21. The monoisotopic (exact) mass is 346 g/mol. The molecule has 3 heterocycles. The summed E-state index contributed by atoms with van der Waals surface area (Å²) in [5, 5.41) is 16.3. The highest BCUT2D eigenvalue weighted by atomic mass is 32.1. The molecule has 24 heavy (non-hydrogen) atoms. The zero-order valence-electron chi connectivity index (χ0n) is 13.2. The molecule has 2 aromatic heterocycles. The summed E-state index contributed by atoms with van der Waals surface area (Å²) in [5.74, 6) is -0.0866. The first kappa shape index (κ1) is 16.4. The van der Waals surface area contributed by atoms with Gasteiger partial charge in [-0.2, -0.15) is 11.3 Å². The van der Waals surface area contributed by atoms with Crippen molar-refractivity contribution in [1.82, 2.24) is 14.9 Å². The van der Waals surface area contributed by atoms with Crippen LogP contribution in [0.4, 0.5) is 5.82 Å². The number of carbonyl (C=O) groups excluding carboxylic acids is 1. The molecule has 0 aromatic carbocycles. The minimum Gasteiger partial charge on any atom is -0.477 e. The van der Waals surface area contributed by atoms with Crippen molar-refractivity contribution in [3.63, 3.8) is 0 Å². The summed E-state index contributed by atoms with van der Waals surface area (Å²) >= 11 is 1.51. The molecule has 1 fully saturated rings. The van der Waals surface area contributed by atoms with E-state index < -0.39 is 5.97 Å². The lowest BCUT2D eigenvalue weighted by atomic mass is 10.1. The van der Waals surface area contributed by atoms with Gasteiger partial charge in [-0.1, -0.05) is 0 Å². The molecular formula is C16H18N4O3S. The number of rotatable bonds is 4. The van der Waals surface area contributed by atoms with Crippen LogP contribution in [-0.2, 0) is 4.79 Å². The van der Waals surface area contributed by atoms with Crippen molar-refractivity contribution < 1.29 is 14.7 Å². The second-order valence-corrected chi connectivity index (χ2v) is 6.48. The molecule has 126 valence electrons. The van der Waals surface area contributed by atoms with Gasteiger partial charge in [-0.15, -0.1) is 0 Å². The number of hydrogen-bond acceptors (Lipinski definition) is 6. The standard InChI is InChI=1S/C16H18N4O3S/c1-10(21)20-5-2-12(3-6-20)17-14-8-13(16(22)23)18-15(19-14)11-4-7-24-9-11/h4,7-9,12H,2-3,5-6H2,1H3,(H,22,23)(H,17,18,19). The van der Waals surface area contributed by atoms with E-state index in [4.69, 9.17) is 0 Å². The Kier molecular flexibility index (Phi) is 4.75. The second-order valence-electron chi connectivity index (χ2n) is 5.70. The van der Waals surface area contributed by atoms with Gasteiger partial charge in [0.25, 0.3) is 0 Å². The predicted octanol–water partition coefficient (Wildman–Crippen LogP) is 2.33. The molecule has 2 aromatic rings. The molecule has 3 rings (SSSR count). The van der Waals surface area contributed by atoms with Crippen LogP contribution in [0.25, 0.3) is 11.4 Å². The number of aromatic nitrogens is 2. The molecule has 0 unspecified atom stereocenters. The van der Waals surface area contributed by atoms with Crippen LogP contribution in [0.2, 0.25) is 0 Å². The average Bonchev–Trinajstić information content (AvgIpc) is 3.09. The molecule has 7 nitrogen and oxygen atoms in total. The number of carbonyl (C=O) groups is 2. The van der Waals surface area contributed by atoms with Crippen LogP contribution in [0.15, 0.2) is 22.9 Å². The fraction of sp³-hybridized carbons (Fsp3) is 0.375. The van der Waals surface area contributed by atoms with Gasteiger partial charge in [0.2, 0.25) is 5.91 Å². The molecule has 1 aliphatic rings. The number of piperidine rings is 1. The SMILES string of the molecule is CC(=O)N1CCC(Nc2cc(C(=O)O)nc(-c3ccsc3)n2)CC1. The summed E-state index contributed by atoms with van der Waals surface area (Å²) in [6.45, 7) is 2.97. The van der Waals surface area contributed by atoms with Gasteiger partial charge in [-0.05, 0) is 24.3 Å². The van der Waals surface area contributed by atoms with E-state index in [1.165, 1.54) is 17.4 Å². The van der Waals surface area contributed by atoms with Crippen molar-refractivity contribution in [1.29, 1.82) is 0 Å². The van der Waals surface area contributed by atoms with Crippen molar-refractivity contribution in [2.24, 2.45) is 0 Å². The van der Waals surface area contributed by atoms with Gasteiger partial charge < -0.3 is 15.3 Å². The van der Waals surface area contributed by atoms with Crippen molar-refractivity contribution >= 4 is 29.0 Å². The van der Waals surface area contributed by atoms with Gasteiger partial charge in [-0.3, -0.25) is 4.79 Å². The highest BCUT2D eigenvalue weighted by molar-refractivity contribution is 7.08. The lowest BCUT2D eigenvalue weighted by Crippen LogP contribution is -2.41. The Morgan fingerprint density at radius 1 is 1.33 bits per heavy atom. The molecule has 0 radical (unpaired) electrons. The molecule has 8 heteroatoms. The first-order chi connectivity index (χ1) is 11.5. The van der Waals surface area contributed by atoms with Gasteiger partial charge in [0.15, 0.2) is 11.5 Å². The van der Waals surface area contributed by atoms with E-state index in [1.807, 2.05) is 21.7 Å². The Morgan fingerprint density at radius 3 is 2.67 bits per heavy atom. The summed E-state index contributed by atoms with van der Waals surface area (Å²) < 4.78 is 0. The molecular weight excluding hydrogens is 328 g/mol. The number of thiophene rings is 1. The van der Waals surface area contributed by atoms with Crippen LogP contribution in [0.5, 0.6) is 0 Å². The van der Waals surface area contributed by atoms with E-state index in [1.54, 1.807) is 6.92 Å². The molecule has 2 N–H and O–H groups in total. The summed E-state index contributed by atoms with van der Waals surface area (Å²) in [5.41, 5.74) is 0.771. The predicted molar refractivity (Wildman–Crippen MR) is 91.2 cm³/mol. The molecule has 0 saturated carbocycles. The number of carboxylic acid groups (broad SMARTS) is 1. The fourth-order valence-electron chi connectivity index (χ4n) is 2.70. The van der Waals surface area contributed by atoms with Crippen LogP contribution < -0.4 is 5.32 Å². The first-order valence-corrected chi connectivity index (χ1v) is 8.64. The van der Waals surface area contributed by atoms with Crippen molar-refractivity contribution in [2.45, 2.75) is 25.8 Å². The number of likely N-dealkylation sites (tertiary alicyclic amines) is 1. The molecule has 1 amide bonds. The van der Waals surface area contributed by atoms with Gasteiger partial charge in [-0.25, -0.2) is 14.8 Å². The van der Waals surface area contributed by atoms with E-state index in [0.717, 1.165) is 18.4 Å². The Hall–Kier alpha value is -2.48. The molecule has 0 spiro atoms. The van der Waals surface area contributed by atoms with Crippen molar-refractivity contribution in [3.8, 4) is 11.4 Å². The van der Waals surface area contributed by atoms with E-state index >= 15 is 0 Å². The quantitative estimate of drug-likeness (QED) is 0.882. The summed E-state index contributed by atoms with van der Waals surface area (Å²) in [6, 6.07) is 3.48. The minimum absolute atomic E-state index is 0.0325. The molecule has 0 atom stereocenters. The largest absolute Gasteiger partial charge is 0.477 e. The zero-order chi connectivity index (χ0) is 17.1. The molecule has 0 bridgehead atoms. The molecule has 1 saturated heterocycles. The van der Waals surface area contributed by atoms with Crippen molar-refractivity contribution in [3.05, 3.63) is 28.6 Å². The highest BCUT2D eigenvalue weighted by Crippen LogP contribution is 2.22. The number of anilines is 1. The molecule has 1 aliphatic heterocycles. The zero-order valence-corrected chi connectivity index (χ0v) is 14.0. The van der Waals surface area contributed by atoms with Crippen LogP contribution in [0.1, 0.15) is 30.3 Å². The smallest absolute Gasteiger partial charge is 0.354 e. The van der Waals surface area contributed by atoms with Crippen LogP contribution >= 0.6 is 11.3 Å².